The molecule has 0 aliphatic rings. The molecule has 0 bridgehead atoms. The number of carbonyl (C=O) groups is 1. The second-order valence-electron chi connectivity index (χ2n) is 4.28. The molecule has 1 aromatic heterocycles. The van der Waals surface area contributed by atoms with E-state index in [1.54, 1.807) is 12.1 Å². The third-order valence-electron chi connectivity index (χ3n) is 2.75. The van der Waals surface area contributed by atoms with E-state index in [1.807, 2.05) is 24.3 Å². The Bertz CT molecular complexity index is 635. The predicted molar refractivity (Wildman–Crippen MR) is 78.2 cm³/mol. The Hall–Kier alpha value is -2.66. The molecule has 0 saturated carbocycles. The molecule has 0 aliphatic heterocycles. The predicted octanol–water partition coefficient (Wildman–Crippen LogP) is 2.51. The highest BCUT2D eigenvalue weighted by Gasteiger charge is 2.04. The highest BCUT2D eigenvalue weighted by Crippen LogP contribution is 2.24. The molecular formula is C16H15NO4. The number of para-hydroxylation sites is 1. The lowest BCUT2D eigenvalue weighted by atomic mass is 10.1. The van der Waals surface area contributed by atoms with Gasteiger partial charge in [0.15, 0.2) is 0 Å². The summed E-state index contributed by atoms with van der Waals surface area (Å²) in [6.45, 7) is 0.0483. The number of aromatic nitrogens is 1. The number of rotatable bonds is 6. The Balaban J connectivity index is 2.12. The number of hydrogen-bond acceptors (Lipinski definition) is 4. The fourth-order valence-electron chi connectivity index (χ4n) is 1.76. The normalized spacial score (nSPS) is 10.7. The van der Waals surface area contributed by atoms with Crippen molar-refractivity contribution in [1.82, 2.24) is 4.98 Å². The maximum atomic E-state index is 10.4. The molecule has 0 saturated heterocycles. The van der Waals surface area contributed by atoms with Gasteiger partial charge in [0.1, 0.15) is 5.75 Å². The lowest BCUT2D eigenvalue weighted by Crippen LogP contribution is -1.96. The molecule has 5 heteroatoms. The molecule has 21 heavy (non-hydrogen) atoms. The number of carboxylic acid groups (broad SMARTS) is 1. The molecule has 0 atom stereocenters. The number of aliphatic hydroxyl groups excluding tert-OH is 1. The number of hydrogen-bond donors (Lipinski definition) is 2. The molecule has 0 amide bonds. The zero-order chi connectivity index (χ0) is 15.1. The number of nitrogens with zero attached hydrogens (tertiary/aromatic N) is 1. The number of pyridine rings is 1. The standard InChI is InChI=1S/C16H15NO4/c18-10-9-13-3-1-2-4-14(13)21-15-7-5-12(11-17-15)6-8-16(19)20/h1-8,11,18H,9-10H2,(H,19,20)/b8-6+. The lowest BCUT2D eigenvalue weighted by Gasteiger charge is -2.09. The monoisotopic (exact) mass is 285 g/mol. The molecule has 2 N–H and O–H groups in total. The molecule has 0 spiro atoms. The fraction of sp³-hybridized carbons (Fsp3) is 0.125. The van der Waals surface area contributed by atoms with Crippen LogP contribution in [-0.2, 0) is 11.2 Å². The van der Waals surface area contributed by atoms with Gasteiger partial charge in [-0.3, -0.25) is 0 Å². The van der Waals surface area contributed by atoms with Gasteiger partial charge in [-0.25, -0.2) is 9.78 Å². The average molecular weight is 285 g/mol. The van der Waals surface area contributed by atoms with Crippen LogP contribution in [-0.4, -0.2) is 27.8 Å². The van der Waals surface area contributed by atoms with Crippen LogP contribution < -0.4 is 4.74 Å². The van der Waals surface area contributed by atoms with Crippen molar-refractivity contribution in [2.24, 2.45) is 0 Å². The van der Waals surface area contributed by atoms with Gasteiger partial charge in [0.25, 0.3) is 0 Å². The maximum absolute atomic E-state index is 10.4. The Morgan fingerprint density at radius 3 is 2.71 bits per heavy atom. The SMILES string of the molecule is O=C(O)/C=C/c1ccc(Oc2ccccc2CCO)nc1. The molecule has 5 nitrogen and oxygen atoms in total. The van der Waals surface area contributed by atoms with Crippen LogP contribution in [0.2, 0.25) is 0 Å². The first-order chi connectivity index (χ1) is 10.2. The lowest BCUT2D eigenvalue weighted by molar-refractivity contribution is -0.131. The minimum absolute atomic E-state index is 0.0483. The number of ether oxygens (including phenoxy) is 1. The van der Waals surface area contributed by atoms with E-state index < -0.39 is 5.97 Å². The third kappa shape index (κ3) is 4.43. The maximum Gasteiger partial charge on any atom is 0.328 e. The van der Waals surface area contributed by atoms with Gasteiger partial charge >= 0.3 is 5.97 Å². The summed E-state index contributed by atoms with van der Waals surface area (Å²) in [5, 5.41) is 17.6. The minimum Gasteiger partial charge on any atom is -0.478 e. The van der Waals surface area contributed by atoms with Gasteiger partial charge in [0.05, 0.1) is 0 Å². The molecule has 0 unspecified atom stereocenters. The summed E-state index contributed by atoms with van der Waals surface area (Å²) >= 11 is 0. The van der Waals surface area contributed by atoms with Crippen molar-refractivity contribution in [2.75, 3.05) is 6.61 Å². The van der Waals surface area contributed by atoms with Crippen LogP contribution in [0.1, 0.15) is 11.1 Å². The van der Waals surface area contributed by atoms with Crippen LogP contribution >= 0.6 is 0 Å². The molecule has 2 rings (SSSR count). The zero-order valence-electron chi connectivity index (χ0n) is 11.3. The first-order valence-corrected chi connectivity index (χ1v) is 6.42. The van der Waals surface area contributed by atoms with E-state index in [0.717, 1.165) is 11.6 Å². The van der Waals surface area contributed by atoms with Crippen molar-refractivity contribution in [3.63, 3.8) is 0 Å². The van der Waals surface area contributed by atoms with Gasteiger partial charge in [-0.1, -0.05) is 18.2 Å². The van der Waals surface area contributed by atoms with Crippen LogP contribution in [0.5, 0.6) is 11.6 Å². The van der Waals surface area contributed by atoms with Crippen molar-refractivity contribution < 1.29 is 19.7 Å². The van der Waals surface area contributed by atoms with Crippen molar-refractivity contribution in [2.45, 2.75) is 6.42 Å². The van der Waals surface area contributed by atoms with Gasteiger partial charge in [0, 0.05) is 24.9 Å². The molecular weight excluding hydrogens is 270 g/mol. The number of aliphatic carboxylic acids is 1. The van der Waals surface area contributed by atoms with Crippen molar-refractivity contribution in [1.29, 1.82) is 0 Å². The van der Waals surface area contributed by atoms with E-state index >= 15 is 0 Å². The number of benzene rings is 1. The summed E-state index contributed by atoms with van der Waals surface area (Å²) in [4.78, 5) is 14.6. The summed E-state index contributed by atoms with van der Waals surface area (Å²) in [6, 6.07) is 10.8. The van der Waals surface area contributed by atoms with E-state index in [2.05, 4.69) is 4.98 Å². The van der Waals surface area contributed by atoms with E-state index in [0.29, 0.717) is 23.6 Å². The fourth-order valence-corrected chi connectivity index (χ4v) is 1.76. The Kier molecular flexibility index (Phi) is 5.06. The third-order valence-corrected chi connectivity index (χ3v) is 2.75. The second-order valence-corrected chi connectivity index (χ2v) is 4.28. The van der Waals surface area contributed by atoms with Crippen molar-refractivity contribution in [3.8, 4) is 11.6 Å². The van der Waals surface area contributed by atoms with Crippen molar-refractivity contribution in [3.05, 3.63) is 59.8 Å². The van der Waals surface area contributed by atoms with Crippen LogP contribution in [0.3, 0.4) is 0 Å². The molecule has 0 radical (unpaired) electrons. The van der Waals surface area contributed by atoms with E-state index in [-0.39, 0.29) is 6.61 Å². The highest BCUT2D eigenvalue weighted by molar-refractivity contribution is 5.85. The molecule has 1 heterocycles. The van der Waals surface area contributed by atoms with Gasteiger partial charge in [0.2, 0.25) is 5.88 Å². The number of aliphatic hydroxyl groups is 1. The van der Waals surface area contributed by atoms with Crippen LogP contribution in [0.4, 0.5) is 0 Å². The minimum atomic E-state index is -1.01. The molecule has 0 aliphatic carbocycles. The second kappa shape index (κ2) is 7.21. The van der Waals surface area contributed by atoms with Gasteiger partial charge in [-0.2, -0.15) is 0 Å². The summed E-state index contributed by atoms with van der Waals surface area (Å²) in [5.74, 6) is 0.0500. The van der Waals surface area contributed by atoms with Gasteiger partial charge in [-0.15, -0.1) is 0 Å². The molecule has 1 aromatic carbocycles. The average Bonchev–Trinajstić information content (AvgIpc) is 2.49. The van der Waals surface area contributed by atoms with E-state index in [1.165, 1.54) is 12.3 Å². The molecule has 2 aromatic rings. The first kappa shape index (κ1) is 14.7. The van der Waals surface area contributed by atoms with E-state index in [4.69, 9.17) is 14.9 Å². The zero-order valence-corrected chi connectivity index (χ0v) is 11.3. The van der Waals surface area contributed by atoms with Crippen LogP contribution in [0.25, 0.3) is 6.08 Å². The summed E-state index contributed by atoms with van der Waals surface area (Å²) in [6.07, 6.45) is 4.55. The topological polar surface area (TPSA) is 79.7 Å². The number of carboxylic acids is 1. The largest absolute Gasteiger partial charge is 0.478 e. The van der Waals surface area contributed by atoms with Gasteiger partial charge < -0.3 is 14.9 Å². The summed E-state index contributed by atoms with van der Waals surface area (Å²) < 4.78 is 5.68. The first-order valence-electron chi connectivity index (χ1n) is 6.42. The van der Waals surface area contributed by atoms with Crippen LogP contribution in [0, 0.1) is 0 Å². The molecule has 108 valence electrons. The van der Waals surface area contributed by atoms with E-state index in [9.17, 15) is 4.79 Å². The Labute approximate surface area is 122 Å². The van der Waals surface area contributed by atoms with Gasteiger partial charge in [-0.05, 0) is 35.8 Å². The molecule has 0 fully saturated rings. The van der Waals surface area contributed by atoms with Crippen molar-refractivity contribution >= 4 is 12.0 Å². The summed E-state index contributed by atoms with van der Waals surface area (Å²) in [5.41, 5.74) is 1.57. The highest BCUT2D eigenvalue weighted by atomic mass is 16.5. The van der Waals surface area contributed by atoms with Crippen LogP contribution in [0.15, 0.2) is 48.7 Å². The summed E-state index contributed by atoms with van der Waals surface area (Å²) in [7, 11) is 0. The Morgan fingerprint density at radius 1 is 1.24 bits per heavy atom. The smallest absolute Gasteiger partial charge is 0.328 e. The Morgan fingerprint density at radius 2 is 2.05 bits per heavy atom. The quantitative estimate of drug-likeness (QED) is 0.797.